The summed E-state index contributed by atoms with van der Waals surface area (Å²) in [6.07, 6.45) is 4.95. The van der Waals surface area contributed by atoms with E-state index in [0.29, 0.717) is 0 Å². The first kappa shape index (κ1) is 12.7. The van der Waals surface area contributed by atoms with Gasteiger partial charge < -0.3 is 0 Å². The van der Waals surface area contributed by atoms with Gasteiger partial charge in [-0.1, -0.05) is 35.4 Å². The quantitative estimate of drug-likeness (QED) is 0.386. The van der Waals surface area contributed by atoms with Crippen molar-refractivity contribution in [1.82, 2.24) is 0 Å². The van der Waals surface area contributed by atoms with Gasteiger partial charge in [0.15, 0.2) is 9.75 Å². The maximum Gasteiger partial charge on any atom is 0.227 e. The fourth-order valence-electron chi connectivity index (χ4n) is 4.35. The molecule has 100 valence electrons. The van der Waals surface area contributed by atoms with Gasteiger partial charge in [0.25, 0.3) is 0 Å². The third-order valence-electron chi connectivity index (χ3n) is 5.08. The Labute approximate surface area is 129 Å². The molecule has 0 saturated heterocycles. The first-order valence-corrected chi connectivity index (χ1v) is 7.57. The minimum absolute atomic E-state index is 0.0395. The van der Waals surface area contributed by atoms with E-state index in [1.165, 1.54) is 0 Å². The highest BCUT2D eigenvalue weighted by atomic mass is 35.5. The number of rotatable bonds is 0. The van der Waals surface area contributed by atoms with Gasteiger partial charge in [0.05, 0.1) is 10.1 Å². The highest BCUT2D eigenvalue weighted by Gasteiger charge is 2.76. The van der Waals surface area contributed by atoms with E-state index in [9.17, 15) is 9.59 Å². The van der Waals surface area contributed by atoms with Crippen LogP contribution in [0, 0.1) is 23.7 Å². The number of Topliss-reactive ketones (excluding diaryl/α,β-unsaturated/α-hetero) is 2. The highest BCUT2D eigenvalue weighted by Crippen LogP contribution is 2.69. The Bertz CT molecular complexity index is 560. The molecule has 2 nitrogen and oxygen atoms in total. The summed E-state index contributed by atoms with van der Waals surface area (Å²) in [5.74, 6) is -1.60. The largest absolute Gasteiger partial charge is 0.288 e. The Morgan fingerprint density at radius 1 is 0.895 bits per heavy atom. The zero-order valence-corrected chi connectivity index (χ0v) is 12.5. The molecule has 2 fully saturated rings. The molecule has 0 amide bonds. The van der Waals surface area contributed by atoms with Crippen molar-refractivity contribution in [3.8, 4) is 0 Å². The fourth-order valence-corrected chi connectivity index (χ4v) is 6.13. The maximum absolute atomic E-state index is 12.3. The Hall–Kier alpha value is -0.0200. The number of allylic oxidation sites excluding steroid dienone is 4. The lowest BCUT2D eigenvalue weighted by molar-refractivity contribution is -0.145. The molecule has 19 heavy (non-hydrogen) atoms. The number of alkyl halides is 2. The predicted molar refractivity (Wildman–Crippen MR) is 73.6 cm³/mol. The smallest absolute Gasteiger partial charge is 0.227 e. The second-order valence-corrected chi connectivity index (χ2v) is 7.66. The normalized spacial score (nSPS) is 54.3. The van der Waals surface area contributed by atoms with Gasteiger partial charge in [-0.05, 0) is 18.3 Å². The zero-order valence-electron chi connectivity index (χ0n) is 9.50. The molecule has 0 heterocycles. The van der Waals surface area contributed by atoms with Crippen molar-refractivity contribution < 1.29 is 9.59 Å². The van der Waals surface area contributed by atoms with Crippen molar-refractivity contribution in [2.45, 2.75) is 16.2 Å². The minimum atomic E-state index is -1.51. The summed E-state index contributed by atoms with van der Waals surface area (Å²) >= 11 is 25.4. The molecular weight excluding hydrogens is 330 g/mol. The van der Waals surface area contributed by atoms with Crippen LogP contribution in [0.25, 0.3) is 0 Å². The molecule has 6 unspecified atom stereocenters. The van der Waals surface area contributed by atoms with E-state index in [1.807, 2.05) is 12.2 Å². The predicted octanol–water partition coefficient (Wildman–Crippen LogP) is 3.23. The molecule has 5 aliphatic carbocycles. The summed E-state index contributed by atoms with van der Waals surface area (Å²) in [5.41, 5.74) is 0. The van der Waals surface area contributed by atoms with Gasteiger partial charge in [-0.25, -0.2) is 0 Å². The van der Waals surface area contributed by atoms with E-state index >= 15 is 0 Å². The van der Waals surface area contributed by atoms with Crippen LogP contribution in [0.1, 0.15) is 6.42 Å². The Balaban J connectivity index is 2.07. The number of ketones is 2. The third kappa shape index (κ3) is 1.09. The summed E-state index contributed by atoms with van der Waals surface area (Å²) < 4.78 is 0. The molecule has 0 aromatic heterocycles. The van der Waals surface area contributed by atoms with Crippen molar-refractivity contribution >= 4 is 58.0 Å². The fraction of sp³-hybridized carbons (Fsp3) is 0.538. The molecule has 0 aromatic rings. The van der Waals surface area contributed by atoms with Crippen LogP contribution < -0.4 is 0 Å². The van der Waals surface area contributed by atoms with Crippen LogP contribution in [0.5, 0.6) is 0 Å². The van der Waals surface area contributed by atoms with Crippen LogP contribution in [-0.4, -0.2) is 21.3 Å². The number of halogens is 4. The van der Waals surface area contributed by atoms with Crippen molar-refractivity contribution in [3.05, 3.63) is 22.2 Å². The topological polar surface area (TPSA) is 34.1 Å². The number of carbonyl (C=O) groups is 2. The second-order valence-electron chi connectivity index (χ2n) is 5.71. The monoisotopic (exact) mass is 336 g/mol. The maximum atomic E-state index is 12.3. The van der Waals surface area contributed by atoms with E-state index in [0.717, 1.165) is 6.42 Å². The summed E-state index contributed by atoms with van der Waals surface area (Å²) in [5, 5.41) is 0.0790. The second kappa shape index (κ2) is 3.41. The lowest BCUT2D eigenvalue weighted by Crippen LogP contribution is -2.68. The molecule has 4 bridgehead atoms. The van der Waals surface area contributed by atoms with E-state index in [1.54, 1.807) is 0 Å². The molecule has 6 heteroatoms. The van der Waals surface area contributed by atoms with Gasteiger partial charge in [0.2, 0.25) is 11.6 Å². The van der Waals surface area contributed by atoms with Crippen molar-refractivity contribution in [1.29, 1.82) is 0 Å². The molecule has 0 radical (unpaired) electrons. The summed E-state index contributed by atoms with van der Waals surface area (Å²) in [6, 6.07) is 0. The van der Waals surface area contributed by atoms with Gasteiger partial charge in [-0.15, -0.1) is 23.2 Å². The average molecular weight is 338 g/mol. The van der Waals surface area contributed by atoms with Crippen molar-refractivity contribution in [2.24, 2.45) is 23.7 Å². The first-order valence-electron chi connectivity index (χ1n) is 6.06. The lowest BCUT2D eigenvalue weighted by Gasteiger charge is -2.54. The van der Waals surface area contributed by atoms with E-state index in [4.69, 9.17) is 46.4 Å². The van der Waals surface area contributed by atoms with Crippen LogP contribution in [0.2, 0.25) is 0 Å². The lowest BCUT2D eigenvalue weighted by atomic mass is 9.56. The van der Waals surface area contributed by atoms with Crippen LogP contribution in [0.4, 0.5) is 0 Å². The van der Waals surface area contributed by atoms with E-state index in [2.05, 4.69) is 0 Å². The zero-order chi connectivity index (χ0) is 13.7. The molecule has 5 aliphatic rings. The molecule has 6 atom stereocenters. The number of carbonyl (C=O) groups excluding carboxylic acids is 2. The molecule has 0 aromatic carbocycles. The standard InChI is InChI=1S/C13H8Cl4O2/c14-8-9(15)13(17)7-5-2-1-4(3-5)6(7)12(8,16)10(18)11(13)19/h1-2,4-7H,3H2. The molecular formula is C13H8Cl4O2. The number of fused-ring (bicyclic) bond motifs is 3. The van der Waals surface area contributed by atoms with E-state index in [-0.39, 0.29) is 33.7 Å². The van der Waals surface area contributed by atoms with Crippen LogP contribution in [0.15, 0.2) is 22.2 Å². The Morgan fingerprint density at radius 3 is 1.63 bits per heavy atom. The summed E-state index contributed by atoms with van der Waals surface area (Å²) in [7, 11) is 0. The number of hydrogen-bond donors (Lipinski definition) is 0. The SMILES string of the molecule is O=C1C(=O)C2(Cl)C(Cl)=C(Cl)C1(Cl)C1C3C=CC(C3)C12. The molecule has 2 saturated carbocycles. The van der Waals surface area contributed by atoms with Gasteiger partial charge >= 0.3 is 0 Å². The minimum Gasteiger partial charge on any atom is -0.288 e. The van der Waals surface area contributed by atoms with Gasteiger partial charge in [-0.2, -0.15) is 0 Å². The van der Waals surface area contributed by atoms with Gasteiger partial charge in [0.1, 0.15) is 0 Å². The van der Waals surface area contributed by atoms with Gasteiger partial charge in [0, 0.05) is 11.8 Å². The third-order valence-corrected chi connectivity index (χ3v) is 7.57. The van der Waals surface area contributed by atoms with E-state index < -0.39 is 21.3 Å². The average Bonchev–Trinajstić information content (AvgIpc) is 3.00. The number of hydrogen-bond acceptors (Lipinski definition) is 2. The van der Waals surface area contributed by atoms with Gasteiger partial charge in [-0.3, -0.25) is 9.59 Å². The summed E-state index contributed by atoms with van der Waals surface area (Å²) in [6.45, 7) is 0. The van der Waals surface area contributed by atoms with Crippen molar-refractivity contribution in [3.63, 3.8) is 0 Å². The first-order chi connectivity index (χ1) is 8.84. The van der Waals surface area contributed by atoms with Crippen LogP contribution in [-0.2, 0) is 9.59 Å². The summed E-state index contributed by atoms with van der Waals surface area (Å²) in [4.78, 5) is 21.6. The van der Waals surface area contributed by atoms with Crippen LogP contribution in [0.3, 0.4) is 0 Å². The van der Waals surface area contributed by atoms with Crippen LogP contribution >= 0.6 is 46.4 Å². The van der Waals surface area contributed by atoms with Crippen molar-refractivity contribution in [2.75, 3.05) is 0 Å². The molecule has 0 aliphatic heterocycles. The molecule has 5 rings (SSSR count). The Morgan fingerprint density at radius 2 is 1.26 bits per heavy atom. The molecule has 0 spiro atoms. The molecule has 0 N–H and O–H groups in total. The Kier molecular flexibility index (Phi) is 2.28. The highest BCUT2D eigenvalue weighted by molar-refractivity contribution is 6.70.